The topological polar surface area (TPSA) is 52.3 Å². The summed E-state index contributed by atoms with van der Waals surface area (Å²) in [4.78, 5) is 11.8. The molecule has 1 aromatic rings. The number of nitrogens with two attached hydrogens (primary N) is 1. The number of ketones is 1. The molecule has 1 rings (SSSR count). The van der Waals surface area contributed by atoms with Crippen molar-refractivity contribution >= 4 is 29.0 Å². The Morgan fingerprint density at radius 3 is 2.76 bits per heavy atom. The van der Waals surface area contributed by atoms with E-state index in [4.69, 9.17) is 33.7 Å². The fraction of sp³-hybridized carbons (Fsp3) is 0.417. The number of hydrogen-bond donors (Lipinski definition) is 1. The van der Waals surface area contributed by atoms with Gasteiger partial charge in [-0.2, -0.15) is 0 Å². The van der Waals surface area contributed by atoms with Crippen LogP contribution in [0.2, 0.25) is 10.0 Å². The van der Waals surface area contributed by atoms with E-state index >= 15 is 0 Å². The van der Waals surface area contributed by atoms with Crippen LogP contribution in [0.25, 0.3) is 0 Å². The predicted molar refractivity (Wildman–Crippen MR) is 69.6 cm³/mol. The number of carbonyl (C=O) groups is 1. The van der Waals surface area contributed by atoms with Crippen LogP contribution in [0.4, 0.5) is 0 Å². The normalized spacial score (nSPS) is 12.5. The van der Waals surface area contributed by atoms with Gasteiger partial charge in [-0.25, -0.2) is 0 Å². The minimum absolute atomic E-state index is 0.0497. The van der Waals surface area contributed by atoms with Crippen molar-refractivity contribution in [1.29, 1.82) is 0 Å². The minimum atomic E-state index is -0.512. The molecular formula is C12H15Cl2NO2. The number of hydrogen-bond acceptors (Lipinski definition) is 3. The third-order valence-corrected chi connectivity index (χ3v) is 3.01. The zero-order chi connectivity index (χ0) is 12.8. The molecule has 94 valence electrons. The van der Waals surface area contributed by atoms with E-state index in [1.165, 1.54) is 0 Å². The molecule has 0 saturated carbocycles. The number of benzene rings is 1. The van der Waals surface area contributed by atoms with Crippen LogP contribution in [0, 0.1) is 0 Å². The monoisotopic (exact) mass is 275 g/mol. The van der Waals surface area contributed by atoms with Crippen molar-refractivity contribution in [2.75, 3.05) is 13.7 Å². The molecule has 0 aliphatic heterocycles. The lowest BCUT2D eigenvalue weighted by Gasteiger charge is -2.10. The lowest BCUT2D eigenvalue weighted by molar-refractivity contribution is -0.120. The molecule has 0 bridgehead atoms. The average Bonchev–Trinajstić information content (AvgIpc) is 2.29. The summed E-state index contributed by atoms with van der Waals surface area (Å²) in [5, 5.41) is 1.04. The molecular weight excluding hydrogens is 261 g/mol. The second-order valence-electron chi connectivity index (χ2n) is 3.77. The number of carbonyl (C=O) groups excluding carboxylic acids is 1. The Kier molecular flexibility index (Phi) is 5.92. The zero-order valence-electron chi connectivity index (χ0n) is 9.58. The molecule has 0 aliphatic rings. The molecule has 1 atom stereocenters. The molecule has 5 heteroatoms. The molecule has 0 heterocycles. The molecule has 1 unspecified atom stereocenters. The summed E-state index contributed by atoms with van der Waals surface area (Å²) in [6.07, 6.45) is 0.738. The van der Waals surface area contributed by atoms with Gasteiger partial charge in [-0.1, -0.05) is 29.3 Å². The number of ether oxygens (including phenoxy) is 1. The van der Waals surface area contributed by atoms with E-state index in [1.54, 1.807) is 25.3 Å². The summed E-state index contributed by atoms with van der Waals surface area (Å²) < 4.78 is 4.88. The van der Waals surface area contributed by atoms with Gasteiger partial charge in [0.15, 0.2) is 5.78 Å². The Labute approximate surface area is 111 Å². The van der Waals surface area contributed by atoms with Gasteiger partial charge in [0, 0.05) is 30.2 Å². The van der Waals surface area contributed by atoms with Gasteiger partial charge in [-0.15, -0.1) is 0 Å². The molecule has 0 aliphatic carbocycles. The maximum atomic E-state index is 11.8. The first-order chi connectivity index (χ1) is 8.04. The van der Waals surface area contributed by atoms with Crippen molar-refractivity contribution in [2.24, 2.45) is 5.73 Å². The highest BCUT2D eigenvalue weighted by atomic mass is 35.5. The standard InChI is InChI=1S/C12H15Cl2NO2/c1-17-5-4-11(15)12(16)6-8-2-3-9(13)7-10(8)14/h2-3,7,11H,4-6,15H2,1H3. The Morgan fingerprint density at radius 2 is 2.18 bits per heavy atom. The van der Waals surface area contributed by atoms with Crippen LogP contribution in [-0.2, 0) is 16.0 Å². The summed E-state index contributed by atoms with van der Waals surface area (Å²) in [5.74, 6) is -0.0497. The van der Waals surface area contributed by atoms with Crippen molar-refractivity contribution < 1.29 is 9.53 Å². The first-order valence-electron chi connectivity index (χ1n) is 5.25. The van der Waals surface area contributed by atoms with Crippen molar-refractivity contribution in [2.45, 2.75) is 18.9 Å². The fourth-order valence-electron chi connectivity index (χ4n) is 1.39. The molecule has 0 aromatic heterocycles. The second-order valence-corrected chi connectivity index (χ2v) is 4.61. The van der Waals surface area contributed by atoms with Gasteiger partial charge in [0.2, 0.25) is 0 Å². The van der Waals surface area contributed by atoms with Gasteiger partial charge >= 0.3 is 0 Å². The number of rotatable bonds is 6. The van der Waals surface area contributed by atoms with Crippen LogP contribution in [-0.4, -0.2) is 25.5 Å². The van der Waals surface area contributed by atoms with Crippen LogP contribution in [0.15, 0.2) is 18.2 Å². The minimum Gasteiger partial charge on any atom is -0.385 e. The van der Waals surface area contributed by atoms with E-state index in [1.807, 2.05) is 0 Å². The molecule has 0 amide bonds. The van der Waals surface area contributed by atoms with E-state index in [9.17, 15) is 4.79 Å². The Morgan fingerprint density at radius 1 is 1.47 bits per heavy atom. The predicted octanol–water partition coefficient (Wildman–Crippen LogP) is 2.47. The SMILES string of the molecule is COCCC(N)C(=O)Cc1ccc(Cl)cc1Cl. The number of halogens is 2. The fourth-order valence-corrected chi connectivity index (χ4v) is 1.86. The first-order valence-corrected chi connectivity index (χ1v) is 6.01. The van der Waals surface area contributed by atoms with Crippen LogP contribution in [0.1, 0.15) is 12.0 Å². The molecule has 3 nitrogen and oxygen atoms in total. The number of methoxy groups -OCH3 is 1. The molecule has 2 N–H and O–H groups in total. The average molecular weight is 276 g/mol. The van der Waals surface area contributed by atoms with Gasteiger partial charge in [0.25, 0.3) is 0 Å². The van der Waals surface area contributed by atoms with Crippen molar-refractivity contribution in [3.63, 3.8) is 0 Å². The Balaban J connectivity index is 2.61. The molecule has 0 spiro atoms. The van der Waals surface area contributed by atoms with Crippen LogP contribution >= 0.6 is 23.2 Å². The van der Waals surface area contributed by atoms with Crippen molar-refractivity contribution in [3.05, 3.63) is 33.8 Å². The smallest absolute Gasteiger partial charge is 0.154 e. The van der Waals surface area contributed by atoms with E-state index in [2.05, 4.69) is 0 Å². The quantitative estimate of drug-likeness (QED) is 0.868. The lowest BCUT2D eigenvalue weighted by Crippen LogP contribution is -2.32. The van der Waals surface area contributed by atoms with Crippen molar-refractivity contribution in [3.8, 4) is 0 Å². The third kappa shape index (κ3) is 4.64. The van der Waals surface area contributed by atoms with E-state index in [0.29, 0.717) is 23.1 Å². The second kappa shape index (κ2) is 6.97. The highest BCUT2D eigenvalue weighted by Crippen LogP contribution is 2.21. The highest BCUT2D eigenvalue weighted by molar-refractivity contribution is 6.35. The molecule has 0 fully saturated rings. The summed E-state index contributed by atoms with van der Waals surface area (Å²) >= 11 is 11.8. The third-order valence-electron chi connectivity index (χ3n) is 2.43. The summed E-state index contributed by atoms with van der Waals surface area (Å²) in [7, 11) is 1.58. The molecule has 0 radical (unpaired) electrons. The van der Waals surface area contributed by atoms with Gasteiger partial charge in [-0.3, -0.25) is 4.79 Å². The maximum absolute atomic E-state index is 11.8. The Hall–Kier alpha value is -0.610. The first kappa shape index (κ1) is 14.5. The van der Waals surface area contributed by atoms with Crippen LogP contribution in [0.3, 0.4) is 0 Å². The van der Waals surface area contributed by atoms with Gasteiger partial charge in [-0.05, 0) is 24.1 Å². The lowest BCUT2D eigenvalue weighted by atomic mass is 10.0. The van der Waals surface area contributed by atoms with Gasteiger partial charge in [0.1, 0.15) is 0 Å². The summed E-state index contributed by atoms with van der Waals surface area (Å²) in [6, 6.07) is 4.55. The molecule has 17 heavy (non-hydrogen) atoms. The molecule has 1 aromatic carbocycles. The van der Waals surface area contributed by atoms with E-state index in [-0.39, 0.29) is 12.2 Å². The highest BCUT2D eigenvalue weighted by Gasteiger charge is 2.15. The largest absolute Gasteiger partial charge is 0.385 e. The number of Topliss-reactive ketones (excluding diaryl/α,β-unsaturated/α-hetero) is 1. The van der Waals surface area contributed by atoms with Crippen LogP contribution < -0.4 is 5.73 Å². The maximum Gasteiger partial charge on any atom is 0.154 e. The van der Waals surface area contributed by atoms with E-state index < -0.39 is 6.04 Å². The van der Waals surface area contributed by atoms with Crippen LogP contribution in [0.5, 0.6) is 0 Å². The summed E-state index contributed by atoms with van der Waals surface area (Å²) in [5.41, 5.74) is 6.48. The van der Waals surface area contributed by atoms with Gasteiger partial charge < -0.3 is 10.5 Å². The Bertz CT molecular complexity index is 396. The summed E-state index contributed by atoms with van der Waals surface area (Å²) in [6.45, 7) is 0.473. The van der Waals surface area contributed by atoms with E-state index in [0.717, 1.165) is 5.56 Å². The zero-order valence-corrected chi connectivity index (χ0v) is 11.1. The van der Waals surface area contributed by atoms with Crippen molar-refractivity contribution in [1.82, 2.24) is 0 Å². The van der Waals surface area contributed by atoms with Gasteiger partial charge in [0.05, 0.1) is 6.04 Å². The molecule has 0 saturated heterocycles.